The minimum Gasteiger partial charge on any atom is -0.481 e. The smallest absolute Gasteiger partial charge is 0.307 e. The number of allylic oxidation sites excluding steroid dienone is 1. The lowest BCUT2D eigenvalue weighted by Crippen LogP contribution is -2.07. The number of hydrogen-bond donors (Lipinski definition) is 1. The Morgan fingerprint density at radius 2 is 2.25 bits per heavy atom. The summed E-state index contributed by atoms with van der Waals surface area (Å²) >= 11 is 1.35. The van der Waals surface area contributed by atoms with Crippen LogP contribution >= 0.6 is 11.8 Å². The van der Waals surface area contributed by atoms with Gasteiger partial charge in [-0.15, -0.1) is 0 Å². The van der Waals surface area contributed by atoms with Crippen molar-refractivity contribution in [2.45, 2.75) is 26.7 Å². The molecule has 0 spiro atoms. The predicted molar refractivity (Wildman–Crippen MR) is 63.2 cm³/mol. The van der Waals surface area contributed by atoms with Crippen LogP contribution in [0, 0.1) is 17.3 Å². The van der Waals surface area contributed by atoms with Gasteiger partial charge in [0.2, 0.25) is 5.12 Å². The van der Waals surface area contributed by atoms with E-state index in [1.54, 1.807) is 0 Å². The van der Waals surface area contributed by atoms with Gasteiger partial charge in [0, 0.05) is 11.3 Å². The van der Waals surface area contributed by atoms with Crippen molar-refractivity contribution in [2.75, 3.05) is 5.75 Å². The highest BCUT2D eigenvalue weighted by Gasteiger charge is 2.61. The molecule has 2 rings (SSSR count). The van der Waals surface area contributed by atoms with Crippen molar-refractivity contribution in [2.24, 2.45) is 17.3 Å². The highest BCUT2D eigenvalue weighted by Crippen LogP contribution is 2.59. The molecule has 1 heterocycles. The van der Waals surface area contributed by atoms with Crippen molar-refractivity contribution < 1.29 is 14.7 Å². The van der Waals surface area contributed by atoms with Crippen molar-refractivity contribution in [3.05, 3.63) is 11.6 Å². The summed E-state index contributed by atoms with van der Waals surface area (Å²) < 4.78 is 0. The molecule has 1 aliphatic heterocycles. The van der Waals surface area contributed by atoms with E-state index in [4.69, 9.17) is 5.11 Å². The topological polar surface area (TPSA) is 54.4 Å². The molecule has 1 N–H and O–H groups in total. The maximum atomic E-state index is 11.6. The summed E-state index contributed by atoms with van der Waals surface area (Å²) in [5.41, 5.74) is 0.638. The van der Waals surface area contributed by atoms with Gasteiger partial charge >= 0.3 is 5.97 Å². The first-order valence-electron chi connectivity index (χ1n) is 5.55. The summed E-state index contributed by atoms with van der Waals surface area (Å²) in [6.07, 6.45) is 3.74. The molecule has 0 unspecified atom stereocenters. The number of carboxylic acid groups (broad SMARTS) is 1. The number of carboxylic acids is 1. The molecule has 0 aromatic carbocycles. The average molecular weight is 240 g/mol. The van der Waals surface area contributed by atoms with Gasteiger partial charge in [0.25, 0.3) is 0 Å². The van der Waals surface area contributed by atoms with Gasteiger partial charge in [-0.25, -0.2) is 0 Å². The van der Waals surface area contributed by atoms with Crippen LogP contribution in [-0.2, 0) is 9.59 Å². The third-order valence-electron chi connectivity index (χ3n) is 3.64. The first-order valence-corrected chi connectivity index (χ1v) is 6.54. The van der Waals surface area contributed by atoms with Gasteiger partial charge in [-0.3, -0.25) is 9.59 Å². The third-order valence-corrected chi connectivity index (χ3v) is 4.66. The SMILES string of the molecule is CC1(C)[C@H](C(=O)O)[C@@H]1C=C1CCCSC1=O. The molecular formula is C12H16O3S. The van der Waals surface area contributed by atoms with E-state index in [0.29, 0.717) is 0 Å². The van der Waals surface area contributed by atoms with Crippen LogP contribution in [0.5, 0.6) is 0 Å². The van der Waals surface area contributed by atoms with E-state index in [1.165, 1.54) is 11.8 Å². The van der Waals surface area contributed by atoms with Crippen LogP contribution < -0.4 is 0 Å². The maximum Gasteiger partial charge on any atom is 0.307 e. The van der Waals surface area contributed by atoms with Crippen molar-refractivity contribution >= 4 is 22.8 Å². The molecule has 0 aromatic rings. The van der Waals surface area contributed by atoms with Crippen LogP contribution in [0.25, 0.3) is 0 Å². The van der Waals surface area contributed by atoms with E-state index in [-0.39, 0.29) is 22.4 Å². The summed E-state index contributed by atoms with van der Waals surface area (Å²) in [7, 11) is 0. The lowest BCUT2D eigenvalue weighted by Gasteiger charge is -2.11. The Hall–Kier alpha value is -0.770. The predicted octanol–water partition coefficient (Wildman–Crippen LogP) is 2.32. The largest absolute Gasteiger partial charge is 0.481 e. The molecule has 0 amide bonds. The average Bonchev–Trinajstić information content (AvgIpc) is 2.72. The Kier molecular flexibility index (Phi) is 2.86. The Labute approximate surface area is 99.3 Å². The number of rotatable bonds is 2. The Bertz CT molecular complexity index is 370. The lowest BCUT2D eigenvalue weighted by molar-refractivity contribution is -0.139. The summed E-state index contributed by atoms with van der Waals surface area (Å²) in [4.78, 5) is 22.6. The number of aliphatic carboxylic acids is 1. The Morgan fingerprint density at radius 1 is 1.56 bits per heavy atom. The molecule has 4 heteroatoms. The molecule has 2 aliphatic rings. The van der Waals surface area contributed by atoms with Crippen LogP contribution in [0.1, 0.15) is 26.7 Å². The zero-order valence-electron chi connectivity index (χ0n) is 9.53. The third kappa shape index (κ3) is 1.90. The first kappa shape index (κ1) is 11.7. The second kappa shape index (κ2) is 3.91. The molecule has 3 nitrogen and oxygen atoms in total. The van der Waals surface area contributed by atoms with Crippen molar-refractivity contribution in [1.29, 1.82) is 0 Å². The van der Waals surface area contributed by atoms with E-state index in [1.807, 2.05) is 19.9 Å². The lowest BCUT2D eigenvalue weighted by atomic mass is 10.1. The summed E-state index contributed by atoms with van der Waals surface area (Å²) in [5.74, 6) is -0.141. The van der Waals surface area contributed by atoms with E-state index >= 15 is 0 Å². The van der Waals surface area contributed by atoms with Gasteiger partial charge < -0.3 is 5.11 Å². The van der Waals surface area contributed by atoms with E-state index in [2.05, 4.69) is 0 Å². The number of thioether (sulfide) groups is 1. The van der Waals surface area contributed by atoms with Crippen LogP contribution in [0.3, 0.4) is 0 Å². The van der Waals surface area contributed by atoms with Gasteiger partial charge in [0.15, 0.2) is 0 Å². The van der Waals surface area contributed by atoms with E-state index in [9.17, 15) is 9.59 Å². The molecule has 0 radical (unpaired) electrons. The van der Waals surface area contributed by atoms with Crippen molar-refractivity contribution in [3.63, 3.8) is 0 Å². The second-order valence-corrected chi connectivity index (χ2v) is 6.16. The first-order chi connectivity index (χ1) is 7.44. The fourth-order valence-corrected chi connectivity index (χ4v) is 3.28. The number of carbonyl (C=O) groups excluding carboxylic acids is 1. The summed E-state index contributed by atoms with van der Waals surface area (Å²) in [6, 6.07) is 0. The van der Waals surface area contributed by atoms with Crippen molar-refractivity contribution in [1.82, 2.24) is 0 Å². The number of carbonyl (C=O) groups is 2. The Morgan fingerprint density at radius 3 is 2.75 bits per heavy atom. The monoisotopic (exact) mass is 240 g/mol. The quantitative estimate of drug-likeness (QED) is 0.753. The minimum atomic E-state index is -0.747. The van der Waals surface area contributed by atoms with Gasteiger partial charge in [0.05, 0.1) is 5.92 Å². The van der Waals surface area contributed by atoms with Gasteiger partial charge in [-0.1, -0.05) is 31.7 Å². The fourth-order valence-electron chi connectivity index (χ4n) is 2.45. The molecule has 2 fully saturated rings. The van der Waals surface area contributed by atoms with E-state index < -0.39 is 5.97 Å². The van der Waals surface area contributed by atoms with Crippen LogP contribution in [0.15, 0.2) is 11.6 Å². The maximum absolute atomic E-state index is 11.6. The van der Waals surface area contributed by atoms with Gasteiger partial charge in [0.1, 0.15) is 0 Å². The van der Waals surface area contributed by atoms with Crippen molar-refractivity contribution in [3.8, 4) is 0 Å². The van der Waals surface area contributed by atoms with Crippen LogP contribution in [0.4, 0.5) is 0 Å². The molecule has 0 bridgehead atoms. The zero-order valence-corrected chi connectivity index (χ0v) is 10.3. The van der Waals surface area contributed by atoms with Crippen LogP contribution in [-0.4, -0.2) is 21.9 Å². The molecule has 88 valence electrons. The number of hydrogen-bond acceptors (Lipinski definition) is 3. The van der Waals surface area contributed by atoms with Gasteiger partial charge in [-0.2, -0.15) is 0 Å². The normalized spacial score (nSPS) is 35.1. The van der Waals surface area contributed by atoms with Gasteiger partial charge in [-0.05, 0) is 24.2 Å². The Balaban J connectivity index is 2.13. The zero-order chi connectivity index (χ0) is 11.9. The molecule has 1 saturated carbocycles. The molecular weight excluding hydrogens is 224 g/mol. The molecule has 1 aliphatic carbocycles. The van der Waals surface area contributed by atoms with Crippen LogP contribution in [0.2, 0.25) is 0 Å². The minimum absolute atomic E-state index is 0.0302. The molecule has 16 heavy (non-hydrogen) atoms. The highest BCUT2D eigenvalue weighted by molar-refractivity contribution is 8.14. The highest BCUT2D eigenvalue weighted by atomic mass is 32.2. The summed E-state index contributed by atoms with van der Waals surface area (Å²) in [6.45, 7) is 3.90. The molecule has 2 atom stereocenters. The summed E-state index contributed by atoms with van der Waals surface area (Å²) in [5, 5.41) is 9.17. The molecule has 0 aromatic heterocycles. The molecule has 1 saturated heterocycles. The van der Waals surface area contributed by atoms with E-state index in [0.717, 1.165) is 24.2 Å². The standard InChI is InChI=1S/C12H16O3S/c1-12(2)8(9(12)10(13)14)6-7-4-3-5-16-11(7)15/h6,8-9H,3-5H2,1-2H3,(H,13,14)/t8-,9-/m0/s1. The fraction of sp³-hybridized carbons (Fsp3) is 0.667. The second-order valence-electron chi connectivity index (χ2n) is 5.09.